The van der Waals surface area contributed by atoms with E-state index in [1.807, 2.05) is 0 Å². The SMILES string of the molecule is CCCCn1cc(C)nc1NCC(C)N1CCCC1. The van der Waals surface area contributed by atoms with Crippen LogP contribution in [-0.2, 0) is 6.54 Å². The van der Waals surface area contributed by atoms with Gasteiger partial charge in [0.2, 0.25) is 5.95 Å². The van der Waals surface area contributed by atoms with E-state index in [1.165, 1.54) is 38.8 Å². The molecule has 1 unspecified atom stereocenters. The van der Waals surface area contributed by atoms with Gasteiger partial charge in [-0.2, -0.15) is 0 Å². The van der Waals surface area contributed by atoms with E-state index < -0.39 is 0 Å². The van der Waals surface area contributed by atoms with Crippen molar-refractivity contribution in [1.82, 2.24) is 14.5 Å². The van der Waals surface area contributed by atoms with Gasteiger partial charge in [-0.3, -0.25) is 4.90 Å². The third-order valence-electron chi connectivity index (χ3n) is 3.97. The number of likely N-dealkylation sites (tertiary alicyclic amines) is 1. The second-order valence-electron chi connectivity index (χ2n) is 5.73. The summed E-state index contributed by atoms with van der Waals surface area (Å²) in [7, 11) is 0. The van der Waals surface area contributed by atoms with Crippen LogP contribution in [0.2, 0.25) is 0 Å². The smallest absolute Gasteiger partial charge is 0.203 e. The summed E-state index contributed by atoms with van der Waals surface area (Å²) >= 11 is 0. The Labute approximate surface area is 117 Å². The summed E-state index contributed by atoms with van der Waals surface area (Å²) < 4.78 is 2.26. The second kappa shape index (κ2) is 6.94. The fourth-order valence-electron chi connectivity index (χ4n) is 2.74. The molecular formula is C15H28N4. The molecule has 0 amide bonds. The maximum atomic E-state index is 4.60. The summed E-state index contributed by atoms with van der Waals surface area (Å²) in [5, 5.41) is 3.53. The van der Waals surface area contributed by atoms with Gasteiger partial charge in [0.25, 0.3) is 0 Å². The Morgan fingerprint density at radius 1 is 1.37 bits per heavy atom. The molecule has 0 radical (unpaired) electrons. The molecule has 1 fully saturated rings. The number of rotatable bonds is 7. The number of nitrogens with zero attached hydrogens (tertiary/aromatic N) is 3. The second-order valence-corrected chi connectivity index (χ2v) is 5.73. The third kappa shape index (κ3) is 3.96. The molecule has 4 heteroatoms. The molecule has 1 saturated heterocycles. The summed E-state index contributed by atoms with van der Waals surface area (Å²) in [6.45, 7) is 11.2. The Balaban J connectivity index is 1.87. The molecule has 0 aliphatic carbocycles. The minimum Gasteiger partial charge on any atom is -0.354 e. The van der Waals surface area contributed by atoms with Gasteiger partial charge in [-0.25, -0.2) is 4.98 Å². The van der Waals surface area contributed by atoms with Crippen LogP contribution in [0.25, 0.3) is 0 Å². The lowest BCUT2D eigenvalue weighted by atomic mass is 10.3. The molecule has 19 heavy (non-hydrogen) atoms. The predicted molar refractivity (Wildman–Crippen MR) is 80.6 cm³/mol. The van der Waals surface area contributed by atoms with Gasteiger partial charge in [0.05, 0.1) is 5.69 Å². The Morgan fingerprint density at radius 2 is 2.11 bits per heavy atom. The summed E-state index contributed by atoms with van der Waals surface area (Å²) in [4.78, 5) is 7.16. The zero-order valence-electron chi connectivity index (χ0n) is 12.7. The van der Waals surface area contributed by atoms with E-state index in [9.17, 15) is 0 Å². The molecular weight excluding hydrogens is 236 g/mol. The number of aryl methyl sites for hydroxylation is 2. The number of unbranched alkanes of at least 4 members (excludes halogenated alkanes) is 1. The van der Waals surface area contributed by atoms with E-state index in [0.717, 1.165) is 24.7 Å². The number of hydrogen-bond acceptors (Lipinski definition) is 3. The molecule has 2 heterocycles. The minimum atomic E-state index is 0.596. The topological polar surface area (TPSA) is 33.1 Å². The van der Waals surface area contributed by atoms with Crippen LogP contribution in [0.5, 0.6) is 0 Å². The molecule has 2 rings (SSSR count). The van der Waals surface area contributed by atoms with E-state index in [4.69, 9.17) is 0 Å². The summed E-state index contributed by atoms with van der Waals surface area (Å²) in [6.07, 6.45) is 7.30. The molecule has 4 nitrogen and oxygen atoms in total. The monoisotopic (exact) mass is 264 g/mol. The van der Waals surface area contributed by atoms with Crippen molar-refractivity contribution in [2.24, 2.45) is 0 Å². The highest BCUT2D eigenvalue weighted by atomic mass is 15.2. The molecule has 0 saturated carbocycles. The highest BCUT2D eigenvalue weighted by molar-refractivity contribution is 5.29. The van der Waals surface area contributed by atoms with Crippen molar-refractivity contribution in [3.8, 4) is 0 Å². The van der Waals surface area contributed by atoms with E-state index in [1.54, 1.807) is 0 Å². The molecule has 1 N–H and O–H groups in total. The first-order valence-corrected chi connectivity index (χ1v) is 7.72. The lowest BCUT2D eigenvalue weighted by Gasteiger charge is -2.24. The predicted octanol–water partition coefficient (Wildman–Crippen LogP) is 2.89. The minimum absolute atomic E-state index is 0.596. The van der Waals surface area contributed by atoms with Crippen LogP contribution in [0.3, 0.4) is 0 Å². The normalized spacial score (nSPS) is 17.8. The van der Waals surface area contributed by atoms with E-state index in [-0.39, 0.29) is 0 Å². The third-order valence-corrected chi connectivity index (χ3v) is 3.97. The zero-order valence-corrected chi connectivity index (χ0v) is 12.7. The summed E-state index contributed by atoms with van der Waals surface area (Å²) in [6, 6.07) is 0.596. The number of aromatic nitrogens is 2. The lowest BCUT2D eigenvalue weighted by Crippen LogP contribution is -2.36. The Morgan fingerprint density at radius 3 is 2.79 bits per heavy atom. The van der Waals surface area contributed by atoms with Crippen LogP contribution in [0.4, 0.5) is 5.95 Å². The van der Waals surface area contributed by atoms with Gasteiger partial charge in [-0.1, -0.05) is 13.3 Å². The maximum absolute atomic E-state index is 4.60. The van der Waals surface area contributed by atoms with Crippen molar-refractivity contribution in [3.05, 3.63) is 11.9 Å². The van der Waals surface area contributed by atoms with Crippen molar-refractivity contribution in [1.29, 1.82) is 0 Å². The summed E-state index contributed by atoms with van der Waals surface area (Å²) in [5.74, 6) is 1.04. The average Bonchev–Trinajstić information content (AvgIpc) is 3.03. The molecule has 1 aliphatic heterocycles. The Bertz CT molecular complexity index is 379. The van der Waals surface area contributed by atoms with Crippen molar-refractivity contribution in [2.45, 2.75) is 59.0 Å². The Kier molecular flexibility index (Phi) is 5.25. The van der Waals surface area contributed by atoms with Crippen molar-refractivity contribution in [3.63, 3.8) is 0 Å². The molecule has 0 bridgehead atoms. The number of hydrogen-bond donors (Lipinski definition) is 1. The Hall–Kier alpha value is -1.03. The molecule has 108 valence electrons. The van der Waals surface area contributed by atoms with Crippen LogP contribution >= 0.6 is 0 Å². The van der Waals surface area contributed by atoms with Crippen LogP contribution in [0.15, 0.2) is 6.20 Å². The van der Waals surface area contributed by atoms with E-state index in [2.05, 4.69) is 46.7 Å². The molecule has 0 spiro atoms. The first-order valence-electron chi connectivity index (χ1n) is 7.72. The average molecular weight is 264 g/mol. The molecule has 1 aromatic rings. The fourth-order valence-corrected chi connectivity index (χ4v) is 2.74. The largest absolute Gasteiger partial charge is 0.354 e. The number of imidazole rings is 1. The molecule has 1 aliphatic rings. The standard InChI is InChI=1S/C15H28N4/c1-4-5-8-19-12-13(2)17-15(19)16-11-14(3)18-9-6-7-10-18/h12,14H,4-11H2,1-3H3,(H,16,17). The highest BCUT2D eigenvalue weighted by Gasteiger charge is 2.18. The van der Waals surface area contributed by atoms with Gasteiger partial charge in [-0.05, 0) is 46.2 Å². The van der Waals surface area contributed by atoms with Crippen LogP contribution in [-0.4, -0.2) is 40.1 Å². The van der Waals surface area contributed by atoms with Crippen LogP contribution < -0.4 is 5.32 Å². The highest BCUT2D eigenvalue weighted by Crippen LogP contribution is 2.14. The first-order chi connectivity index (χ1) is 9.20. The van der Waals surface area contributed by atoms with E-state index in [0.29, 0.717) is 6.04 Å². The van der Waals surface area contributed by atoms with E-state index >= 15 is 0 Å². The summed E-state index contributed by atoms with van der Waals surface area (Å²) in [5.41, 5.74) is 1.10. The lowest BCUT2D eigenvalue weighted by molar-refractivity contribution is 0.268. The van der Waals surface area contributed by atoms with Crippen LogP contribution in [0, 0.1) is 6.92 Å². The van der Waals surface area contributed by atoms with Gasteiger partial charge in [0.1, 0.15) is 0 Å². The van der Waals surface area contributed by atoms with Crippen molar-refractivity contribution >= 4 is 5.95 Å². The first kappa shape index (κ1) is 14.4. The number of nitrogens with one attached hydrogen (secondary N) is 1. The van der Waals surface area contributed by atoms with Gasteiger partial charge in [-0.15, -0.1) is 0 Å². The van der Waals surface area contributed by atoms with Gasteiger partial charge < -0.3 is 9.88 Å². The number of anilines is 1. The quantitative estimate of drug-likeness (QED) is 0.822. The van der Waals surface area contributed by atoms with Gasteiger partial charge in [0.15, 0.2) is 0 Å². The maximum Gasteiger partial charge on any atom is 0.203 e. The van der Waals surface area contributed by atoms with Crippen molar-refractivity contribution < 1.29 is 0 Å². The van der Waals surface area contributed by atoms with Crippen LogP contribution in [0.1, 0.15) is 45.2 Å². The van der Waals surface area contributed by atoms with Gasteiger partial charge >= 0.3 is 0 Å². The van der Waals surface area contributed by atoms with Crippen molar-refractivity contribution in [2.75, 3.05) is 25.0 Å². The molecule has 0 aromatic carbocycles. The molecule has 1 aromatic heterocycles. The van der Waals surface area contributed by atoms with Gasteiger partial charge in [0, 0.05) is 25.3 Å². The zero-order chi connectivity index (χ0) is 13.7. The molecule has 1 atom stereocenters. The fraction of sp³-hybridized carbons (Fsp3) is 0.800.